The van der Waals surface area contributed by atoms with Crippen LogP contribution in [0.1, 0.15) is 23.0 Å². The number of ether oxygens (including phenoxy) is 1. The van der Waals surface area contributed by atoms with E-state index in [0.717, 1.165) is 5.56 Å². The lowest BCUT2D eigenvalue weighted by atomic mass is 10.2. The quantitative estimate of drug-likeness (QED) is 0.591. The fraction of sp³-hybridized carbons (Fsp3) is 0.150. The van der Waals surface area contributed by atoms with Gasteiger partial charge < -0.3 is 10.1 Å². The summed E-state index contributed by atoms with van der Waals surface area (Å²) in [5.41, 5.74) is 1.14. The van der Waals surface area contributed by atoms with Crippen LogP contribution < -0.4 is 15.6 Å². The second-order valence-electron chi connectivity index (χ2n) is 5.85. The minimum absolute atomic E-state index is 0.106. The number of nitrogens with one attached hydrogen (secondary N) is 1. The summed E-state index contributed by atoms with van der Waals surface area (Å²) in [6.07, 6.45) is 0. The summed E-state index contributed by atoms with van der Waals surface area (Å²) in [5.74, 6) is -0.00483. The predicted octanol–water partition coefficient (Wildman–Crippen LogP) is 4.36. The molecule has 8 heteroatoms. The number of halogens is 2. The van der Waals surface area contributed by atoms with E-state index in [1.807, 2.05) is 37.3 Å². The van der Waals surface area contributed by atoms with Crippen molar-refractivity contribution in [3.63, 3.8) is 0 Å². The molecule has 0 fully saturated rings. The van der Waals surface area contributed by atoms with Crippen molar-refractivity contribution in [2.75, 3.05) is 11.9 Å². The molecule has 0 aliphatic carbocycles. The molecule has 6 nitrogen and oxygen atoms in total. The molecule has 2 aromatic carbocycles. The number of aromatic nitrogens is 2. The highest BCUT2D eigenvalue weighted by molar-refractivity contribution is 9.10. The van der Waals surface area contributed by atoms with Gasteiger partial charge in [0.15, 0.2) is 5.75 Å². The number of nitrogens with zero attached hydrogens (tertiary/aromatic N) is 2. The van der Waals surface area contributed by atoms with Crippen LogP contribution in [0.25, 0.3) is 0 Å². The van der Waals surface area contributed by atoms with E-state index in [-0.39, 0.29) is 17.8 Å². The summed E-state index contributed by atoms with van der Waals surface area (Å²) in [4.78, 5) is 24.8. The Morgan fingerprint density at radius 2 is 1.96 bits per heavy atom. The van der Waals surface area contributed by atoms with Gasteiger partial charge in [-0.05, 0) is 46.6 Å². The Bertz CT molecular complexity index is 1050. The molecule has 0 spiro atoms. The van der Waals surface area contributed by atoms with Gasteiger partial charge in [-0.15, -0.1) is 0 Å². The molecule has 0 aliphatic rings. The topological polar surface area (TPSA) is 73.2 Å². The highest BCUT2D eigenvalue weighted by atomic mass is 79.9. The molecule has 0 atom stereocenters. The Morgan fingerprint density at radius 1 is 1.21 bits per heavy atom. The predicted molar refractivity (Wildman–Crippen MR) is 112 cm³/mol. The molecule has 0 saturated carbocycles. The lowest BCUT2D eigenvalue weighted by Gasteiger charge is -2.14. The van der Waals surface area contributed by atoms with Gasteiger partial charge in [0.1, 0.15) is 5.69 Å². The van der Waals surface area contributed by atoms with Crippen LogP contribution in [0.4, 0.5) is 5.69 Å². The van der Waals surface area contributed by atoms with Crippen molar-refractivity contribution >= 4 is 39.1 Å². The molecule has 1 amide bonds. The van der Waals surface area contributed by atoms with Crippen LogP contribution in [0.15, 0.2) is 63.9 Å². The molecular formula is C20H17BrClN3O3. The first-order chi connectivity index (χ1) is 13.5. The first-order valence-electron chi connectivity index (χ1n) is 8.53. The summed E-state index contributed by atoms with van der Waals surface area (Å²) in [7, 11) is 0. The summed E-state index contributed by atoms with van der Waals surface area (Å²) in [6, 6.07) is 15.4. The molecule has 0 unspecified atom stereocenters. The van der Waals surface area contributed by atoms with Gasteiger partial charge >= 0.3 is 0 Å². The molecule has 144 valence electrons. The molecule has 3 aromatic rings. The lowest BCUT2D eigenvalue weighted by molar-refractivity contribution is 0.101. The van der Waals surface area contributed by atoms with Crippen LogP contribution in [0, 0.1) is 0 Å². The monoisotopic (exact) mass is 461 g/mol. The normalized spacial score (nSPS) is 10.5. The maximum absolute atomic E-state index is 12.7. The first-order valence-corrected chi connectivity index (χ1v) is 9.70. The van der Waals surface area contributed by atoms with E-state index in [9.17, 15) is 9.59 Å². The fourth-order valence-corrected chi connectivity index (χ4v) is 3.49. The molecule has 1 heterocycles. The average molecular weight is 463 g/mol. The Balaban J connectivity index is 1.88. The number of rotatable bonds is 6. The van der Waals surface area contributed by atoms with Crippen molar-refractivity contribution in [3.05, 3.63) is 85.7 Å². The number of benzene rings is 2. The standard InChI is InChI=1S/C20H17BrClN3O3/c1-2-28-19-15(21)10-14(22)11-17(19)23-20(27)16-8-9-18(26)25(24-16)12-13-6-4-3-5-7-13/h3-11H,2,12H2,1H3,(H,23,27). The molecule has 0 aliphatic heterocycles. The minimum Gasteiger partial charge on any atom is -0.491 e. The number of carbonyl (C=O) groups excluding carboxylic acids is 1. The van der Waals surface area contributed by atoms with Crippen molar-refractivity contribution in [2.45, 2.75) is 13.5 Å². The third-order valence-electron chi connectivity index (χ3n) is 3.82. The van der Waals surface area contributed by atoms with E-state index in [0.29, 0.717) is 27.5 Å². The Kier molecular flexibility index (Phi) is 6.49. The number of carbonyl (C=O) groups is 1. The zero-order valence-electron chi connectivity index (χ0n) is 15.0. The van der Waals surface area contributed by atoms with Gasteiger partial charge in [-0.3, -0.25) is 9.59 Å². The Hall–Kier alpha value is -2.64. The zero-order valence-corrected chi connectivity index (χ0v) is 17.3. The minimum atomic E-state index is -0.475. The van der Waals surface area contributed by atoms with Crippen LogP contribution in [0.2, 0.25) is 5.02 Å². The number of hydrogen-bond donors (Lipinski definition) is 1. The lowest BCUT2D eigenvalue weighted by Crippen LogP contribution is -2.26. The van der Waals surface area contributed by atoms with Gasteiger partial charge in [-0.25, -0.2) is 4.68 Å². The Morgan fingerprint density at radius 3 is 2.68 bits per heavy atom. The van der Waals surface area contributed by atoms with E-state index < -0.39 is 5.91 Å². The molecular weight excluding hydrogens is 446 g/mol. The maximum Gasteiger partial charge on any atom is 0.276 e. The average Bonchev–Trinajstić information content (AvgIpc) is 2.67. The van der Waals surface area contributed by atoms with Crippen molar-refractivity contribution in [3.8, 4) is 5.75 Å². The zero-order chi connectivity index (χ0) is 20.1. The first kappa shape index (κ1) is 20.1. The van der Waals surface area contributed by atoms with Crippen LogP contribution in [-0.4, -0.2) is 22.3 Å². The number of anilines is 1. The van der Waals surface area contributed by atoms with E-state index in [1.165, 1.54) is 16.8 Å². The van der Waals surface area contributed by atoms with E-state index in [1.54, 1.807) is 12.1 Å². The molecule has 28 heavy (non-hydrogen) atoms. The highest BCUT2D eigenvalue weighted by Gasteiger charge is 2.16. The second kappa shape index (κ2) is 9.03. The van der Waals surface area contributed by atoms with Crippen LogP contribution in [0.5, 0.6) is 5.75 Å². The van der Waals surface area contributed by atoms with E-state index in [2.05, 4.69) is 26.3 Å². The van der Waals surface area contributed by atoms with Crippen molar-refractivity contribution < 1.29 is 9.53 Å². The molecule has 1 aromatic heterocycles. The summed E-state index contributed by atoms with van der Waals surface area (Å²) in [5, 5.41) is 7.38. The van der Waals surface area contributed by atoms with Gasteiger partial charge in [-0.1, -0.05) is 41.9 Å². The van der Waals surface area contributed by atoms with Crippen LogP contribution in [0.3, 0.4) is 0 Å². The van der Waals surface area contributed by atoms with Crippen molar-refractivity contribution in [1.82, 2.24) is 9.78 Å². The van der Waals surface area contributed by atoms with Gasteiger partial charge in [0.05, 0.1) is 23.3 Å². The maximum atomic E-state index is 12.7. The largest absolute Gasteiger partial charge is 0.491 e. The van der Waals surface area contributed by atoms with Gasteiger partial charge in [0.25, 0.3) is 11.5 Å². The van der Waals surface area contributed by atoms with Gasteiger partial charge in [0.2, 0.25) is 0 Å². The number of amides is 1. The molecule has 0 bridgehead atoms. The molecule has 0 saturated heterocycles. The molecule has 1 N–H and O–H groups in total. The molecule has 3 rings (SSSR count). The van der Waals surface area contributed by atoms with E-state index >= 15 is 0 Å². The Labute approximate surface area is 175 Å². The summed E-state index contributed by atoms with van der Waals surface area (Å²) < 4.78 is 7.46. The SMILES string of the molecule is CCOc1c(Br)cc(Cl)cc1NC(=O)c1ccc(=O)n(Cc2ccccc2)n1. The van der Waals surface area contributed by atoms with Crippen LogP contribution in [-0.2, 0) is 6.54 Å². The summed E-state index contributed by atoms with van der Waals surface area (Å²) in [6.45, 7) is 2.53. The second-order valence-corrected chi connectivity index (χ2v) is 7.14. The third-order valence-corrected chi connectivity index (χ3v) is 4.63. The smallest absolute Gasteiger partial charge is 0.276 e. The van der Waals surface area contributed by atoms with E-state index in [4.69, 9.17) is 16.3 Å². The van der Waals surface area contributed by atoms with Gasteiger partial charge in [-0.2, -0.15) is 5.10 Å². The van der Waals surface area contributed by atoms with Crippen LogP contribution >= 0.6 is 27.5 Å². The molecule has 0 radical (unpaired) electrons. The van der Waals surface area contributed by atoms with Crippen molar-refractivity contribution in [1.29, 1.82) is 0 Å². The summed E-state index contributed by atoms with van der Waals surface area (Å²) >= 11 is 9.47. The van der Waals surface area contributed by atoms with Gasteiger partial charge in [0, 0.05) is 11.1 Å². The number of hydrogen-bond acceptors (Lipinski definition) is 4. The fourth-order valence-electron chi connectivity index (χ4n) is 2.57. The highest BCUT2D eigenvalue weighted by Crippen LogP contribution is 2.36. The third kappa shape index (κ3) is 4.79. The van der Waals surface area contributed by atoms with Crippen molar-refractivity contribution in [2.24, 2.45) is 0 Å².